The number of nitrogens with two attached hydrogens (primary N) is 1. The van der Waals surface area contributed by atoms with Gasteiger partial charge in [-0.2, -0.15) is 0 Å². The molecule has 1 saturated heterocycles. The van der Waals surface area contributed by atoms with Crippen molar-refractivity contribution >= 4 is 40.1 Å². The third kappa shape index (κ3) is 4.90. The van der Waals surface area contributed by atoms with Crippen molar-refractivity contribution in [2.24, 2.45) is 17.1 Å². The van der Waals surface area contributed by atoms with Gasteiger partial charge in [0, 0.05) is 24.1 Å². The summed E-state index contributed by atoms with van der Waals surface area (Å²) < 4.78 is -0.0952. The average molecular weight is 494 g/mol. The lowest BCUT2D eigenvalue weighted by Gasteiger charge is -2.38. The van der Waals surface area contributed by atoms with Crippen molar-refractivity contribution in [1.29, 1.82) is 0 Å². The highest BCUT2D eigenvalue weighted by molar-refractivity contribution is 14.1. The predicted molar refractivity (Wildman–Crippen MR) is 114 cm³/mol. The smallest absolute Gasteiger partial charge is 0.237 e. The van der Waals surface area contributed by atoms with Crippen LogP contribution in [0.4, 0.5) is 0 Å². The van der Waals surface area contributed by atoms with Crippen molar-refractivity contribution in [3.8, 4) is 0 Å². The molecule has 5 N–H and O–H groups in total. The van der Waals surface area contributed by atoms with E-state index in [0.29, 0.717) is 18.0 Å². The molecule has 1 heterocycles. The van der Waals surface area contributed by atoms with E-state index in [1.165, 1.54) is 0 Å². The summed E-state index contributed by atoms with van der Waals surface area (Å²) in [6.07, 6.45) is 1.34. The summed E-state index contributed by atoms with van der Waals surface area (Å²) in [7, 11) is 0. The molecule has 0 spiro atoms. The SMILES string of the molecule is CC(C)(C)C[C@H]1[C@H](C(=O)NCCCO)N[C@H](I)[C@]1(N)c1ccc(Cl)cc1. The average Bonchev–Trinajstić information content (AvgIpc) is 2.80. The number of nitrogens with one attached hydrogen (secondary N) is 2. The summed E-state index contributed by atoms with van der Waals surface area (Å²) in [6, 6.07) is 7.22. The number of carbonyl (C=O) groups excluding carboxylic acids is 1. The second-order valence-corrected chi connectivity index (χ2v) is 9.87. The Bertz CT molecular complexity index is 620. The maximum atomic E-state index is 12.8. The van der Waals surface area contributed by atoms with E-state index in [2.05, 4.69) is 54.0 Å². The molecule has 0 unspecified atom stereocenters. The third-order valence-corrected chi connectivity index (χ3v) is 6.50. The molecule has 0 aliphatic carbocycles. The van der Waals surface area contributed by atoms with Crippen LogP contribution in [0.3, 0.4) is 0 Å². The first-order valence-corrected chi connectivity index (χ1v) is 10.6. The Hall–Kier alpha value is -0.410. The molecule has 146 valence electrons. The molecule has 0 radical (unpaired) electrons. The van der Waals surface area contributed by atoms with Gasteiger partial charge in [-0.05, 0) is 36.0 Å². The van der Waals surface area contributed by atoms with E-state index in [-0.39, 0.29) is 33.9 Å². The fourth-order valence-electron chi connectivity index (χ4n) is 3.58. The molecule has 26 heavy (non-hydrogen) atoms. The lowest BCUT2D eigenvalue weighted by molar-refractivity contribution is -0.124. The number of rotatable bonds is 6. The number of amides is 1. The van der Waals surface area contributed by atoms with Crippen LogP contribution in [0.15, 0.2) is 24.3 Å². The molecule has 0 aromatic heterocycles. The lowest BCUT2D eigenvalue weighted by atomic mass is 9.71. The monoisotopic (exact) mass is 493 g/mol. The Kier molecular flexibility index (Phi) is 7.35. The van der Waals surface area contributed by atoms with E-state index in [1.807, 2.05) is 24.3 Å². The Balaban J connectivity index is 2.36. The van der Waals surface area contributed by atoms with Gasteiger partial charge in [-0.3, -0.25) is 10.1 Å². The standard InChI is InChI=1S/C19H29ClIN3O2/c1-18(2,3)11-14-15(16(26)23-9-4-10-25)24-17(21)19(14,22)12-5-7-13(20)8-6-12/h5-8,14-15,17,24-25H,4,9-11,22H2,1-3H3,(H,23,26)/t14-,15+,17-,19-/m0/s1. The molecular weight excluding hydrogens is 465 g/mol. The Morgan fingerprint density at radius 3 is 2.54 bits per heavy atom. The van der Waals surface area contributed by atoms with Gasteiger partial charge in [-0.15, -0.1) is 0 Å². The van der Waals surface area contributed by atoms with Crippen LogP contribution in [-0.4, -0.2) is 34.3 Å². The van der Waals surface area contributed by atoms with E-state index in [0.717, 1.165) is 12.0 Å². The Morgan fingerprint density at radius 2 is 2.00 bits per heavy atom. The van der Waals surface area contributed by atoms with Crippen LogP contribution in [0.1, 0.15) is 39.2 Å². The normalized spacial score (nSPS) is 29.0. The third-order valence-electron chi connectivity index (χ3n) is 4.85. The summed E-state index contributed by atoms with van der Waals surface area (Å²) in [5.74, 6) is -0.129. The second-order valence-electron chi connectivity index (χ2n) is 8.19. The number of hydrogen-bond donors (Lipinski definition) is 4. The van der Waals surface area contributed by atoms with Gasteiger partial charge in [-0.25, -0.2) is 0 Å². The van der Waals surface area contributed by atoms with Crippen molar-refractivity contribution < 1.29 is 9.90 Å². The van der Waals surface area contributed by atoms with Crippen LogP contribution in [0.2, 0.25) is 5.02 Å². The zero-order chi connectivity index (χ0) is 19.5. The summed E-state index contributed by atoms with van der Waals surface area (Å²) in [5.41, 5.74) is 7.29. The van der Waals surface area contributed by atoms with Gasteiger partial charge in [0.25, 0.3) is 0 Å². The van der Waals surface area contributed by atoms with Crippen LogP contribution < -0.4 is 16.4 Å². The van der Waals surface area contributed by atoms with Gasteiger partial charge >= 0.3 is 0 Å². The number of aliphatic hydroxyl groups excluding tert-OH is 1. The summed E-state index contributed by atoms with van der Waals surface area (Å²) in [6.45, 7) is 7.01. The minimum Gasteiger partial charge on any atom is -0.396 e. The first-order valence-electron chi connectivity index (χ1n) is 8.93. The molecule has 5 nitrogen and oxygen atoms in total. The fraction of sp³-hybridized carbons (Fsp3) is 0.632. The van der Waals surface area contributed by atoms with E-state index in [9.17, 15) is 4.79 Å². The Labute approximate surface area is 174 Å². The molecule has 1 aliphatic rings. The van der Waals surface area contributed by atoms with Crippen molar-refractivity contribution in [3.05, 3.63) is 34.9 Å². The van der Waals surface area contributed by atoms with Crippen LogP contribution in [0, 0.1) is 11.3 Å². The van der Waals surface area contributed by atoms with Gasteiger partial charge in [0.05, 0.1) is 15.6 Å². The van der Waals surface area contributed by atoms with Gasteiger partial charge in [0.1, 0.15) is 0 Å². The van der Waals surface area contributed by atoms with E-state index in [1.54, 1.807) is 0 Å². The molecule has 7 heteroatoms. The molecule has 4 atom stereocenters. The van der Waals surface area contributed by atoms with Crippen LogP contribution in [0.5, 0.6) is 0 Å². The summed E-state index contributed by atoms with van der Waals surface area (Å²) in [5, 5.41) is 15.9. The van der Waals surface area contributed by atoms with Crippen LogP contribution >= 0.6 is 34.2 Å². The molecule has 1 aliphatic heterocycles. The summed E-state index contributed by atoms with van der Waals surface area (Å²) >= 11 is 8.34. The number of alkyl halides is 1. The molecule has 1 aromatic rings. The minimum atomic E-state index is -0.683. The second kappa shape index (κ2) is 8.73. The fourth-order valence-corrected chi connectivity index (χ4v) is 4.91. The van der Waals surface area contributed by atoms with E-state index < -0.39 is 5.54 Å². The van der Waals surface area contributed by atoms with Gasteiger partial charge in [-0.1, -0.05) is 67.1 Å². The molecule has 0 bridgehead atoms. The molecular formula is C19H29ClIN3O2. The first-order chi connectivity index (χ1) is 12.1. The zero-order valence-electron chi connectivity index (χ0n) is 15.6. The summed E-state index contributed by atoms with van der Waals surface area (Å²) in [4.78, 5) is 12.8. The van der Waals surface area contributed by atoms with E-state index >= 15 is 0 Å². The van der Waals surface area contributed by atoms with Gasteiger partial charge in [0.2, 0.25) is 5.91 Å². The largest absolute Gasteiger partial charge is 0.396 e. The number of hydrogen-bond acceptors (Lipinski definition) is 4. The highest BCUT2D eigenvalue weighted by Crippen LogP contribution is 2.46. The lowest BCUT2D eigenvalue weighted by Crippen LogP contribution is -2.51. The quantitative estimate of drug-likeness (QED) is 0.212. The topological polar surface area (TPSA) is 87.4 Å². The maximum absolute atomic E-state index is 12.8. The minimum absolute atomic E-state index is 0.0215. The molecule has 1 aromatic carbocycles. The van der Waals surface area contributed by atoms with Gasteiger partial charge in [0.15, 0.2) is 0 Å². The van der Waals surface area contributed by atoms with Gasteiger partial charge < -0.3 is 16.2 Å². The predicted octanol–water partition coefficient (Wildman–Crippen LogP) is 2.78. The number of carbonyl (C=O) groups is 1. The van der Waals surface area contributed by atoms with E-state index in [4.69, 9.17) is 22.4 Å². The number of aliphatic hydroxyl groups is 1. The number of halogens is 2. The van der Waals surface area contributed by atoms with Crippen molar-refractivity contribution in [1.82, 2.24) is 10.6 Å². The van der Waals surface area contributed by atoms with Crippen molar-refractivity contribution in [2.45, 2.75) is 49.2 Å². The van der Waals surface area contributed by atoms with Crippen molar-refractivity contribution in [3.63, 3.8) is 0 Å². The zero-order valence-corrected chi connectivity index (χ0v) is 18.5. The van der Waals surface area contributed by atoms with Crippen molar-refractivity contribution in [2.75, 3.05) is 13.2 Å². The molecule has 0 saturated carbocycles. The highest BCUT2D eigenvalue weighted by Gasteiger charge is 2.55. The molecule has 2 rings (SSSR count). The molecule has 1 amide bonds. The number of benzene rings is 1. The highest BCUT2D eigenvalue weighted by atomic mass is 127. The van der Waals surface area contributed by atoms with Crippen LogP contribution in [-0.2, 0) is 10.3 Å². The maximum Gasteiger partial charge on any atom is 0.237 e. The van der Waals surface area contributed by atoms with Crippen LogP contribution in [0.25, 0.3) is 0 Å². The first kappa shape index (κ1) is 21.9. The molecule has 1 fully saturated rings. The Morgan fingerprint density at radius 1 is 1.38 bits per heavy atom.